The molecule has 0 unspecified atom stereocenters. The van der Waals surface area contributed by atoms with Crippen molar-refractivity contribution in [3.05, 3.63) is 0 Å². The van der Waals surface area contributed by atoms with Crippen LogP contribution in [0.5, 0.6) is 0 Å². The first kappa shape index (κ1) is 16.0. The maximum Gasteiger partial charge on any atom is 0.376 e. The highest BCUT2D eigenvalue weighted by molar-refractivity contribution is 5.80. The third kappa shape index (κ3) is 6.34. The van der Waals surface area contributed by atoms with Crippen LogP contribution in [-0.2, 0) is 14.3 Å². The van der Waals surface area contributed by atoms with Crippen molar-refractivity contribution in [3.63, 3.8) is 0 Å². The summed E-state index contributed by atoms with van der Waals surface area (Å²) in [4.78, 5) is 20.8. The van der Waals surface area contributed by atoms with Crippen molar-refractivity contribution in [2.45, 2.75) is 52.4 Å². The number of Topliss-reactive ketones (excluding diaryl/α,β-unsaturated/α-hetero) is 1. The molecule has 1 rings (SSSR count). The number of rotatable bonds is 3. The maximum atomic E-state index is 12.3. The predicted molar refractivity (Wildman–Crippen MR) is 59.9 cm³/mol. The second-order valence-corrected chi connectivity index (χ2v) is 4.17. The molecule has 17 heavy (non-hydrogen) atoms. The third-order valence-corrected chi connectivity index (χ3v) is 2.51. The van der Waals surface area contributed by atoms with Gasteiger partial charge in [-0.25, -0.2) is 4.79 Å². The number of carbonyl (C=O) groups is 2. The molecular weight excluding hydrogens is 230 g/mol. The predicted octanol–water partition coefficient (Wildman–Crippen LogP) is 2.97. The van der Waals surface area contributed by atoms with Crippen molar-refractivity contribution in [2.75, 3.05) is 6.61 Å². The average molecular weight is 250 g/mol. The number of ketones is 1. The minimum absolute atomic E-state index is 0.00553. The fourth-order valence-electron chi connectivity index (χ4n) is 1.38. The molecule has 1 atom stereocenters. The Hall–Kier alpha value is -1.00. The monoisotopic (exact) mass is 250 g/mol. The van der Waals surface area contributed by atoms with Crippen LogP contribution in [0.15, 0.2) is 0 Å². The van der Waals surface area contributed by atoms with Gasteiger partial charge in [0.1, 0.15) is 5.78 Å². The van der Waals surface area contributed by atoms with E-state index in [0.717, 1.165) is 19.3 Å². The lowest BCUT2D eigenvalue weighted by Crippen LogP contribution is -2.29. The molecule has 1 fully saturated rings. The van der Waals surface area contributed by atoms with Crippen molar-refractivity contribution >= 4 is 11.8 Å². The Morgan fingerprint density at radius 1 is 1.47 bits per heavy atom. The first-order valence-corrected chi connectivity index (χ1v) is 5.90. The van der Waals surface area contributed by atoms with Crippen LogP contribution in [0.2, 0.25) is 0 Å². The normalized spacial score (nSPS) is 19.6. The molecule has 0 radical (unpaired) electrons. The molecule has 0 spiro atoms. The van der Waals surface area contributed by atoms with Gasteiger partial charge in [-0.15, -0.1) is 0 Å². The molecule has 0 heterocycles. The fourth-order valence-corrected chi connectivity index (χ4v) is 1.38. The lowest BCUT2D eigenvalue weighted by atomic mass is 10.1. The van der Waals surface area contributed by atoms with E-state index in [1.807, 2.05) is 0 Å². The number of halogens is 2. The van der Waals surface area contributed by atoms with Crippen LogP contribution >= 0.6 is 0 Å². The van der Waals surface area contributed by atoms with Crippen molar-refractivity contribution in [1.29, 1.82) is 0 Å². The Morgan fingerprint density at radius 3 is 2.29 bits per heavy atom. The van der Waals surface area contributed by atoms with Gasteiger partial charge < -0.3 is 4.74 Å². The summed E-state index contributed by atoms with van der Waals surface area (Å²) in [6, 6.07) is 0. The largest absolute Gasteiger partial charge is 0.462 e. The van der Waals surface area contributed by atoms with Gasteiger partial charge in [-0.1, -0.05) is 13.8 Å². The van der Waals surface area contributed by atoms with E-state index in [1.165, 1.54) is 13.8 Å². The average Bonchev–Trinajstić information content (AvgIpc) is 2.63. The molecule has 0 aliphatic heterocycles. The second kappa shape index (κ2) is 7.35. The minimum Gasteiger partial charge on any atom is -0.462 e. The highest BCUT2D eigenvalue weighted by Gasteiger charge is 2.37. The van der Waals surface area contributed by atoms with E-state index < -0.39 is 18.3 Å². The number of carbonyl (C=O) groups excluding carboxylic acids is 2. The van der Waals surface area contributed by atoms with Crippen molar-refractivity contribution < 1.29 is 23.1 Å². The number of esters is 1. The summed E-state index contributed by atoms with van der Waals surface area (Å²) in [6.07, 6.45) is 2.28. The summed E-state index contributed by atoms with van der Waals surface area (Å²) in [5.74, 6) is -3.62. The van der Waals surface area contributed by atoms with E-state index >= 15 is 0 Å². The highest BCUT2D eigenvalue weighted by Crippen LogP contribution is 2.20. The van der Waals surface area contributed by atoms with E-state index in [0.29, 0.717) is 11.7 Å². The molecule has 5 heteroatoms. The third-order valence-electron chi connectivity index (χ3n) is 2.51. The molecule has 1 saturated carbocycles. The number of ether oxygens (including phenoxy) is 1. The molecule has 1 aliphatic carbocycles. The first-order chi connectivity index (χ1) is 7.83. The summed E-state index contributed by atoms with van der Waals surface area (Å²) in [7, 11) is 0. The van der Waals surface area contributed by atoms with Crippen LogP contribution in [0.1, 0.15) is 46.5 Å². The van der Waals surface area contributed by atoms with Crippen LogP contribution in [0, 0.1) is 5.92 Å². The highest BCUT2D eigenvalue weighted by atomic mass is 19.3. The van der Waals surface area contributed by atoms with Gasteiger partial charge in [0.25, 0.3) is 0 Å². The summed E-state index contributed by atoms with van der Waals surface area (Å²) in [6.45, 7) is 4.85. The molecule has 1 aliphatic rings. The lowest BCUT2D eigenvalue weighted by Gasteiger charge is -2.10. The number of hydrogen-bond donors (Lipinski definition) is 0. The van der Waals surface area contributed by atoms with Crippen LogP contribution in [0.3, 0.4) is 0 Å². The molecule has 0 saturated heterocycles. The van der Waals surface area contributed by atoms with Gasteiger partial charge in [0, 0.05) is 19.3 Å². The zero-order chi connectivity index (χ0) is 13.5. The Morgan fingerprint density at radius 2 is 2.06 bits per heavy atom. The van der Waals surface area contributed by atoms with Gasteiger partial charge in [-0.05, 0) is 19.3 Å². The van der Waals surface area contributed by atoms with E-state index in [1.54, 1.807) is 0 Å². The van der Waals surface area contributed by atoms with E-state index in [4.69, 9.17) is 0 Å². The van der Waals surface area contributed by atoms with Crippen molar-refractivity contribution in [1.82, 2.24) is 0 Å². The number of hydrogen-bond acceptors (Lipinski definition) is 3. The Kier molecular flexibility index (Phi) is 6.92. The minimum atomic E-state index is -3.31. The molecule has 0 aromatic carbocycles. The molecule has 0 aromatic heterocycles. The first-order valence-electron chi connectivity index (χ1n) is 5.90. The lowest BCUT2D eigenvalue weighted by molar-refractivity contribution is -0.171. The molecule has 0 bridgehead atoms. The Bertz CT molecular complexity index is 264. The van der Waals surface area contributed by atoms with Crippen molar-refractivity contribution in [2.24, 2.45) is 5.92 Å². The van der Waals surface area contributed by atoms with Gasteiger partial charge in [0.15, 0.2) is 0 Å². The second-order valence-electron chi connectivity index (χ2n) is 4.17. The summed E-state index contributed by atoms with van der Waals surface area (Å²) >= 11 is 0. The summed E-state index contributed by atoms with van der Waals surface area (Å²) < 4.78 is 28.6. The molecule has 0 N–H and O–H groups in total. The Labute approximate surface area is 101 Å². The van der Waals surface area contributed by atoms with Crippen LogP contribution in [-0.4, -0.2) is 24.3 Å². The SMILES string of the molecule is CCOC(=O)C(F)(F)CC.C[C@@H]1CCC(=O)C1. The molecule has 0 amide bonds. The topological polar surface area (TPSA) is 43.4 Å². The maximum absolute atomic E-state index is 12.3. The molecule has 100 valence electrons. The van der Waals surface area contributed by atoms with Crippen molar-refractivity contribution in [3.8, 4) is 0 Å². The summed E-state index contributed by atoms with van der Waals surface area (Å²) in [5, 5.41) is 0. The zero-order valence-corrected chi connectivity index (χ0v) is 10.6. The Balaban J connectivity index is 0.000000318. The molecule has 0 aromatic rings. The zero-order valence-electron chi connectivity index (χ0n) is 10.6. The fraction of sp³-hybridized carbons (Fsp3) is 0.833. The van der Waals surface area contributed by atoms with Gasteiger partial charge in [0.05, 0.1) is 6.61 Å². The van der Waals surface area contributed by atoms with Crippen LogP contribution < -0.4 is 0 Å². The van der Waals surface area contributed by atoms with E-state index in [2.05, 4.69) is 11.7 Å². The van der Waals surface area contributed by atoms with E-state index in [9.17, 15) is 18.4 Å². The van der Waals surface area contributed by atoms with Gasteiger partial charge in [0.2, 0.25) is 0 Å². The quantitative estimate of drug-likeness (QED) is 0.723. The van der Waals surface area contributed by atoms with Crippen LogP contribution in [0.4, 0.5) is 8.78 Å². The summed E-state index contributed by atoms with van der Waals surface area (Å²) in [5.41, 5.74) is 0. The smallest absolute Gasteiger partial charge is 0.376 e. The van der Waals surface area contributed by atoms with Gasteiger partial charge in [-0.2, -0.15) is 8.78 Å². The molecule has 3 nitrogen and oxygen atoms in total. The standard InChI is InChI=1S/C6H10F2O2.C6H10O/c1-3-6(7,8)5(9)10-4-2;1-5-2-3-6(7)4-5/h3-4H2,1-2H3;5H,2-4H2,1H3/t;5-/m.1/s1. The van der Waals surface area contributed by atoms with Gasteiger partial charge in [-0.3, -0.25) is 4.79 Å². The molecular formula is C12H20F2O3. The number of alkyl halides is 2. The van der Waals surface area contributed by atoms with E-state index in [-0.39, 0.29) is 6.61 Å². The van der Waals surface area contributed by atoms with Gasteiger partial charge >= 0.3 is 11.9 Å². The van der Waals surface area contributed by atoms with Crippen LogP contribution in [0.25, 0.3) is 0 Å².